The van der Waals surface area contributed by atoms with Gasteiger partial charge >= 0.3 is 6.09 Å². The number of carbonyl (C=O) groups excluding carboxylic acids is 1. The first-order chi connectivity index (χ1) is 7.74. The Morgan fingerprint density at radius 3 is 2.94 bits per heavy atom. The second-order valence-corrected chi connectivity index (χ2v) is 4.66. The number of thioether (sulfide) groups is 1. The number of ether oxygens (including phenoxy) is 1. The lowest BCUT2D eigenvalue weighted by atomic mass is 10.0. The number of fused-ring (bicyclic) bond motifs is 1. The van der Waals surface area contributed by atoms with E-state index in [2.05, 4.69) is 24.5 Å². The Hall–Kier alpha value is -1.16. The standard InChI is InChI=1S/C12H15NO2S/c1-15-12(14)13-6-5-9-7-11(16-2)4-3-10(9)8-13/h3-4,7H,5-6,8H2,1-2H3. The first-order valence-corrected chi connectivity index (χ1v) is 6.45. The third kappa shape index (κ3) is 2.16. The lowest BCUT2D eigenvalue weighted by molar-refractivity contribution is 0.118. The van der Waals surface area contributed by atoms with Gasteiger partial charge in [0.2, 0.25) is 0 Å². The van der Waals surface area contributed by atoms with Gasteiger partial charge in [0.05, 0.1) is 7.11 Å². The first kappa shape index (κ1) is 11.3. The Bertz CT molecular complexity index is 406. The smallest absolute Gasteiger partial charge is 0.409 e. The molecule has 0 atom stereocenters. The van der Waals surface area contributed by atoms with E-state index in [0.717, 1.165) is 13.0 Å². The van der Waals surface area contributed by atoms with Crippen molar-refractivity contribution >= 4 is 17.9 Å². The molecule has 16 heavy (non-hydrogen) atoms. The summed E-state index contributed by atoms with van der Waals surface area (Å²) in [6, 6.07) is 6.43. The molecule has 0 aromatic heterocycles. The average Bonchev–Trinajstić information content (AvgIpc) is 2.36. The fourth-order valence-corrected chi connectivity index (χ4v) is 2.41. The average molecular weight is 237 g/mol. The van der Waals surface area contributed by atoms with Gasteiger partial charge in [-0.3, -0.25) is 0 Å². The van der Waals surface area contributed by atoms with E-state index in [1.165, 1.54) is 23.1 Å². The second-order valence-electron chi connectivity index (χ2n) is 3.78. The molecular weight excluding hydrogens is 222 g/mol. The van der Waals surface area contributed by atoms with Crippen LogP contribution in [0.2, 0.25) is 0 Å². The maximum Gasteiger partial charge on any atom is 0.409 e. The number of nitrogens with zero attached hydrogens (tertiary/aromatic N) is 1. The summed E-state index contributed by atoms with van der Waals surface area (Å²) in [6.07, 6.45) is 2.75. The Morgan fingerprint density at radius 2 is 2.25 bits per heavy atom. The van der Waals surface area contributed by atoms with Crippen molar-refractivity contribution in [2.75, 3.05) is 19.9 Å². The predicted molar refractivity (Wildman–Crippen MR) is 64.7 cm³/mol. The highest BCUT2D eigenvalue weighted by molar-refractivity contribution is 7.98. The van der Waals surface area contributed by atoms with E-state index in [9.17, 15) is 4.79 Å². The molecule has 0 saturated heterocycles. The molecule has 0 radical (unpaired) electrons. The fraction of sp³-hybridized carbons (Fsp3) is 0.417. The van der Waals surface area contributed by atoms with Gasteiger partial charge in [0.15, 0.2) is 0 Å². The Labute approximate surface area is 99.8 Å². The van der Waals surface area contributed by atoms with Crippen LogP contribution in [-0.4, -0.2) is 30.9 Å². The fourth-order valence-electron chi connectivity index (χ4n) is 1.94. The summed E-state index contributed by atoms with van der Waals surface area (Å²) in [5.74, 6) is 0. The Morgan fingerprint density at radius 1 is 1.44 bits per heavy atom. The minimum atomic E-state index is -0.236. The SMILES string of the molecule is COC(=O)N1CCc2cc(SC)ccc2C1. The van der Waals surface area contributed by atoms with E-state index in [4.69, 9.17) is 4.74 Å². The van der Waals surface area contributed by atoms with Crippen molar-refractivity contribution < 1.29 is 9.53 Å². The van der Waals surface area contributed by atoms with E-state index < -0.39 is 0 Å². The topological polar surface area (TPSA) is 29.5 Å². The van der Waals surface area contributed by atoms with Crippen molar-refractivity contribution in [3.05, 3.63) is 29.3 Å². The molecule has 0 N–H and O–H groups in total. The molecule has 1 heterocycles. The van der Waals surface area contributed by atoms with Gasteiger partial charge in [-0.05, 0) is 35.9 Å². The number of hydrogen-bond acceptors (Lipinski definition) is 3. The molecule has 0 unspecified atom stereocenters. The molecule has 4 heteroatoms. The van der Waals surface area contributed by atoms with Crippen LogP contribution in [0.1, 0.15) is 11.1 Å². The van der Waals surface area contributed by atoms with Crippen LogP contribution in [0.4, 0.5) is 4.79 Å². The summed E-state index contributed by atoms with van der Waals surface area (Å²) < 4.78 is 4.73. The molecule has 2 rings (SSSR count). The summed E-state index contributed by atoms with van der Waals surface area (Å²) in [6.45, 7) is 1.41. The Balaban J connectivity index is 2.18. The van der Waals surface area contributed by atoms with Gasteiger partial charge in [-0.15, -0.1) is 11.8 Å². The van der Waals surface area contributed by atoms with Gasteiger partial charge in [-0.25, -0.2) is 4.79 Å². The van der Waals surface area contributed by atoms with E-state index in [1.54, 1.807) is 16.7 Å². The van der Waals surface area contributed by atoms with E-state index in [-0.39, 0.29) is 6.09 Å². The molecule has 1 aromatic rings. The molecule has 0 fully saturated rings. The van der Waals surface area contributed by atoms with Crippen LogP contribution in [0.25, 0.3) is 0 Å². The normalized spacial score (nSPS) is 14.5. The van der Waals surface area contributed by atoms with Crippen LogP contribution in [0.3, 0.4) is 0 Å². The van der Waals surface area contributed by atoms with Crippen LogP contribution in [0.5, 0.6) is 0 Å². The minimum Gasteiger partial charge on any atom is -0.453 e. The van der Waals surface area contributed by atoms with Crippen LogP contribution in [0, 0.1) is 0 Å². The minimum absolute atomic E-state index is 0.236. The number of benzene rings is 1. The zero-order valence-corrected chi connectivity index (χ0v) is 10.3. The van der Waals surface area contributed by atoms with E-state index >= 15 is 0 Å². The van der Waals surface area contributed by atoms with Crippen molar-refractivity contribution in [3.8, 4) is 0 Å². The molecule has 0 aliphatic carbocycles. The van der Waals surface area contributed by atoms with Crippen molar-refractivity contribution in [1.29, 1.82) is 0 Å². The lowest BCUT2D eigenvalue weighted by Gasteiger charge is -2.27. The quantitative estimate of drug-likeness (QED) is 0.703. The van der Waals surface area contributed by atoms with E-state index in [1.807, 2.05) is 0 Å². The second kappa shape index (κ2) is 4.78. The molecule has 3 nitrogen and oxygen atoms in total. The molecule has 1 aromatic carbocycles. The van der Waals surface area contributed by atoms with Crippen LogP contribution >= 0.6 is 11.8 Å². The summed E-state index contributed by atoms with van der Waals surface area (Å²) in [5, 5.41) is 0. The molecule has 86 valence electrons. The van der Waals surface area contributed by atoms with Crippen molar-refractivity contribution in [1.82, 2.24) is 4.90 Å². The van der Waals surface area contributed by atoms with Gasteiger partial charge in [-0.1, -0.05) is 6.07 Å². The van der Waals surface area contributed by atoms with Crippen LogP contribution in [0.15, 0.2) is 23.1 Å². The molecule has 0 saturated carbocycles. The first-order valence-electron chi connectivity index (χ1n) is 5.23. The number of hydrogen-bond donors (Lipinski definition) is 0. The highest BCUT2D eigenvalue weighted by Gasteiger charge is 2.20. The van der Waals surface area contributed by atoms with Gasteiger partial charge in [0, 0.05) is 18.0 Å². The predicted octanol–water partition coefficient (Wildman–Crippen LogP) is 2.53. The number of amides is 1. The van der Waals surface area contributed by atoms with Gasteiger partial charge in [0.1, 0.15) is 0 Å². The molecule has 0 spiro atoms. The molecule has 1 amide bonds. The highest BCUT2D eigenvalue weighted by Crippen LogP contribution is 2.24. The summed E-state index contributed by atoms with van der Waals surface area (Å²) >= 11 is 1.75. The summed E-state index contributed by atoms with van der Waals surface area (Å²) in [4.78, 5) is 14.4. The zero-order chi connectivity index (χ0) is 11.5. The van der Waals surface area contributed by atoms with Crippen molar-refractivity contribution in [2.24, 2.45) is 0 Å². The van der Waals surface area contributed by atoms with Gasteiger partial charge in [-0.2, -0.15) is 0 Å². The lowest BCUT2D eigenvalue weighted by Crippen LogP contribution is -2.35. The number of rotatable bonds is 1. The monoisotopic (exact) mass is 237 g/mol. The summed E-state index contributed by atoms with van der Waals surface area (Å²) in [5.41, 5.74) is 2.58. The van der Waals surface area contributed by atoms with Crippen LogP contribution in [-0.2, 0) is 17.7 Å². The largest absolute Gasteiger partial charge is 0.453 e. The maximum absolute atomic E-state index is 11.4. The number of carbonyl (C=O) groups is 1. The van der Waals surface area contributed by atoms with Crippen molar-refractivity contribution in [2.45, 2.75) is 17.9 Å². The Kier molecular flexibility index (Phi) is 3.39. The highest BCUT2D eigenvalue weighted by atomic mass is 32.2. The molecule has 1 aliphatic heterocycles. The van der Waals surface area contributed by atoms with Gasteiger partial charge < -0.3 is 9.64 Å². The third-order valence-electron chi connectivity index (χ3n) is 2.86. The van der Waals surface area contributed by atoms with Crippen molar-refractivity contribution in [3.63, 3.8) is 0 Å². The maximum atomic E-state index is 11.4. The number of methoxy groups -OCH3 is 1. The van der Waals surface area contributed by atoms with Crippen LogP contribution < -0.4 is 0 Å². The van der Waals surface area contributed by atoms with E-state index in [0.29, 0.717) is 6.54 Å². The molecular formula is C12H15NO2S. The zero-order valence-electron chi connectivity index (χ0n) is 9.53. The van der Waals surface area contributed by atoms with Gasteiger partial charge in [0.25, 0.3) is 0 Å². The molecule has 1 aliphatic rings. The summed E-state index contributed by atoms with van der Waals surface area (Å²) in [7, 11) is 1.43. The third-order valence-corrected chi connectivity index (χ3v) is 3.58. The molecule has 0 bridgehead atoms.